The predicted octanol–water partition coefficient (Wildman–Crippen LogP) is 3.31. The number of β-amino-alcohol motifs (C(OH)–C–C–N with tert-alkyl or cyclic N) is 1. The lowest BCUT2D eigenvalue weighted by atomic mass is 10.1. The Bertz CT molecular complexity index is 884. The van der Waals surface area contributed by atoms with Crippen LogP contribution < -0.4 is 15.4 Å². The van der Waals surface area contributed by atoms with E-state index in [2.05, 4.69) is 5.32 Å². The fraction of sp³-hybridized carbons (Fsp3) is 0.600. The predicted molar refractivity (Wildman–Crippen MR) is 115 cm³/mol. The average Bonchev–Trinajstić information content (AvgIpc) is 2.70. The third-order valence-electron chi connectivity index (χ3n) is 3.69. The molecular weight excluding hydrogens is 382 g/mol. The Kier molecular flexibility index (Phi) is 6.03. The van der Waals surface area contributed by atoms with Gasteiger partial charge in [-0.05, 0) is 59.5 Å². The molecule has 3 N–H and O–H groups in total. The fourth-order valence-electron chi connectivity index (χ4n) is 2.24. The molecule has 0 aromatic heterocycles. The normalized spacial score (nSPS) is 18.1. The van der Waals surface area contributed by atoms with Gasteiger partial charge in [-0.2, -0.15) is 0 Å². The van der Waals surface area contributed by atoms with E-state index in [1.54, 1.807) is 4.90 Å². The number of benzene rings is 1. The number of aliphatic hydroxyl groups is 1. The highest BCUT2D eigenvalue weighted by Crippen LogP contribution is 2.24. The topological polar surface area (TPSA) is 90.9 Å². The standard InChI is InChI=1S/C20H33N3O4.ClH/c1-7-23(8-2)19(26)22-15-9-10-18(17(11-15)14(3)24)27-13-16(25)12-21-20(4,5)6;/h9-11,16,21,25H,7-8,12-13H2,1-6H3,(H,22,26);1H/t16-;/m1./s1/i4D3,5D3,6D3;. The molecule has 8 heteroatoms. The summed E-state index contributed by atoms with van der Waals surface area (Å²) in [5.74, 6) is -0.348. The number of hydrogen-bond donors (Lipinski definition) is 3. The Morgan fingerprint density at radius 2 is 1.93 bits per heavy atom. The zero-order valence-corrected chi connectivity index (χ0v) is 17.0. The van der Waals surface area contributed by atoms with E-state index in [9.17, 15) is 14.7 Å². The number of Topliss-reactive ketones (excluding diaryl/α,β-unsaturated/α-hetero) is 1. The minimum absolute atomic E-state index is 0. The number of ether oxygens (including phenoxy) is 1. The first-order chi connectivity index (χ1) is 16.3. The van der Waals surface area contributed by atoms with Crippen LogP contribution >= 0.6 is 12.4 Å². The van der Waals surface area contributed by atoms with Crippen molar-refractivity contribution in [1.29, 1.82) is 0 Å². The number of nitrogens with zero attached hydrogens (tertiary/aromatic N) is 1. The Balaban J connectivity index is 0.0000130. The third kappa shape index (κ3) is 8.91. The summed E-state index contributed by atoms with van der Waals surface area (Å²) in [5.41, 5.74) is -2.86. The molecule has 0 aliphatic carbocycles. The number of ketones is 1. The van der Waals surface area contributed by atoms with Gasteiger partial charge in [0.15, 0.2) is 5.78 Å². The minimum atomic E-state index is -3.46. The number of halogens is 1. The molecule has 0 unspecified atom stereocenters. The summed E-state index contributed by atoms with van der Waals surface area (Å²) < 4.78 is 73.8. The monoisotopic (exact) mass is 424 g/mol. The quantitative estimate of drug-likeness (QED) is 0.529. The second-order valence-corrected chi connectivity index (χ2v) is 5.97. The van der Waals surface area contributed by atoms with E-state index >= 15 is 0 Å². The summed E-state index contributed by atoms with van der Waals surface area (Å²) in [7, 11) is 0. The lowest BCUT2D eigenvalue weighted by molar-refractivity contribution is 0.0950. The van der Waals surface area contributed by atoms with Gasteiger partial charge in [-0.3, -0.25) is 4.79 Å². The van der Waals surface area contributed by atoms with Crippen LogP contribution in [-0.2, 0) is 0 Å². The maximum atomic E-state index is 12.3. The molecule has 0 aliphatic rings. The van der Waals surface area contributed by atoms with E-state index in [4.69, 9.17) is 17.1 Å². The van der Waals surface area contributed by atoms with Crippen LogP contribution in [0.5, 0.6) is 5.75 Å². The first-order valence-electron chi connectivity index (χ1n) is 13.1. The summed E-state index contributed by atoms with van der Waals surface area (Å²) in [6.07, 6.45) is -1.53. The highest BCUT2D eigenvalue weighted by molar-refractivity contribution is 5.99. The van der Waals surface area contributed by atoms with E-state index in [0.717, 1.165) is 0 Å². The highest BCUT2D eigenvalue weighted by Gasteiger charge is 2.16. The van der Waals surface area contributed by atoms with Gasteiger partial charge in [-0.15, -0.1) is 12.4 Å². The molecule has 0 radical (unpaired) electrons. The average molecular weight is 425 g/mol. The number of carbonyl (C=O) groups excluding carboxylic acids is 2. The molecule has 160 valence electrons. The van der Waals surface area contributed by atoms with E-state index in [1.165, 1.54) is 25.1 Å². The largest absolute Gasteiger partial charge is 0.490 e. The summed E-state index contributed by atoms with van der Waals surface area (Å²) in [6.45, 7) is -5.75. The first kappa shape index (κ1) is 14.2. The molecule has 1 aromatic carbocycles. The van der Waals surface area contributed by atoms with Gasteiger partial charge in [0.2, 0.25) is 0 Å². The summed E-state index contributed by atoms with van der Waals surface area (Å²) in [6, 6.07) is 3.92. The molecule has 0 saturated carbocycles. The molecule has 2 amide bonds. The number of rotatable bonds is 9. The van der Waals surface area contributed by atoms with Crippen molar-refractivity contribution in [2.75, 3.05) is 31.6 Å². The van der Waals surface area contributed by atoms with Crippen LogP contribution in [0, 0.1) is 0 Å². The second kappa shape index (κ2) is 11.9. The van der Waals surface area contributed by atoms with Crippen molar-refractivity contribution < 1.29 is 31.8 Å². The van der Waals surface area contributed by atoms with Gasteiger partial charge in [0.25, 0.3) is 0 Å². The van der Waals surface area contributed by atoms with Crippen molar-refractivity contribution in [3.8, 4) is 5.75 Å². The summed E-state index contributed by atoms with van der Waals surface area (Å²) in [4.78, 5) is 25.9. The van der Waals surface area contributed by atoms with Gasteiger partial charge in [0.1, 0.15) is 18.5 Å². The van der Waals surface area contributed by atoms with Crippen LogP contribution in [0.25, 0.3) is 0 Å². The molecule has 0 saturated heterocycles. The maximum absolute atomic E-state index is 12.3. The smallest absolute Gasteiger partial charge is 0.321 e. The Morgan fingerprint density at radius 3 is 2.46 bits per heavy atom. The number of hydrogen-bond acceptors (Lipinski definition) is 5. The molecule has 0 bridgehead atoms. The van der Waals surface area contributed by atoms with Gasteiger partial charge in [0.05, 0.1) is 5.56 Å². The van der Waals surface area contributed by atoms with Gasteiger partial charge in [-0.25, -0.2) is 4.79 Å². The molecule has 0 spiro atoms. The summed E-state index contributed by atoms with van der Waals surface area (Å²) >= 11 is 0. The molecular formula is C20H34ClN3O4. The number of carbonyl (C=O) groups is 2. The third-order valence-corrected chi connectivity index (χ3v) is 3.69. The van der Waals surface area contributed by atoms with E-state index in [0.29, 0.717) is 18.8 Å². The molecule has 1 aromatic rings. The van der Waals surface area contributed by atoms with Gasteiger partial charge in [0, 0.05) is 43.2 Å². The molecule has 0 heterocycles. The Morgan fingerprint density at radius 1 is 1.29 bits per heavy atom. The van der Waals surface area contributed by atoms with E-state index < -0.39 is 51.1 Å². The van der Waals surface area contributed by atoms with Gasteiger partial charge in [-0.1, -0.05) is 0 Å². The van der Waals surface area contributed by atoms with Gasteiger partial charge < -0.3 is 25.4 Å². The fourth-order valence-corrected chi connectivity index (χ4v) is 2.24. The molecule has 1 atom stereocenters. The van der Waals surface area contributed by atoms with Crippen LogP contribution in [0.4, 0.5) is 10.5 Å². The minimum Gasteiger partial charge on any atom is -0.490 e. The molecule has 0 aliphatic heterocycles. The number of nitrogens with one attached hydrogen (secondary N) is 2. The maximum Gasteiger partial charge on any atom is 0.321 e. The van der Waals surface area contributed by atoms with Crippen LogP contribution in [0.1, 0.15) is 64.0 Å². The van der Waals surface area contributed by atoms with Gasteiger partial charge >= 0.3 is 6.03 Å². The highest BCUT2D eigenvalue weighted by atomic mass is 35.5. The second-order valence-electron chi connectivity index (χ2n) is 5.97. The molecule has 7 nitrogen and oxygen atoms in total. The van der Waals surface area contributed by atoms with Crippen LogP contribution in [0.3, 0.4) is 0 Å². The number of anilines is 1. The van der Waals surface area contributed by atoms with Crippen molar-refractivity contribution in [2.45, 2.75) is 53.0 Å². The van der Waals surface area contributed by atoms with Crippen molar-refractivity contribution >= 4 is 29.9 Å². The number of urea groups is 1. The van der Waals surface area contributed by atoms with Crippen molar-refractivity contribution in [1.82, 2.24) is 10.2 Å². The van der Waals surface area contributed by atoms with E-state index in [-0.39, 0.29) is 29.8 Å². The molecule has 28 heavy (non-hydrogen) atoms. The van der Waals surface area contributed by atoms with Crippen molar-refractivity contribution in [3.05, 3.63) is 23.8 Å². The molecule has 0 fully saturated rings. The zero-order valence-electron chi connectivity index (χ0n) is 25.2. The summed E-state index contributed by atoms with van der Waals surface area (Å²) in [5, 5.41) is 15.0. The van der Waals surface area contributed by atoms with Crippen LogP contribution in [0.15, 0.2) is 18.2 Å². The van der Waals surface area contributed by atoms with Crippen molar-refractivity contribution in [3.63, 3.8) is 0 Å². The van der Waals surface area contributed by atoms with Crippen molar-refractivity contribution in [2.24, 2.45) is 0 Å². The lowest BCUT2D eigenvalue weighted by Crippen LogP contribution is -2.42. The van der Waals surface area contributed by atoms with Crippen LogP contribution in [-0.4, -0.2) is 59.7 Å². The Labute approximate surface area is 186 Å². The van der Waals surface area contributed by atoms with Crippen LogP contribution in [0.2, 0.25) is 0 Å². The number of aliphatic hydroxyl groups excluding tert-OH is 1. The first-order valence-corrected chi connectivity index (χ1v) is 8.59. The zero-order chi connectivity index (χ0) is 28.1. The van der Waals surface area contributed by atoms with E-state index in [1.807, 2.05) is 19.2 Å². The SMILES string of the molecule is Cl.[2H]C([2H])([2H])C(NC[C@@H](O)COc1ccc(NC(=O)N(CC)CC)cc1C(C)=O)(C([2H])([2H])[2H])C([2H])([2H])[2H]. The Hall–Kier alpha value is -1.83. The molecule has 1 rings (SSSR count). The number of amides is 2. The lowest BCUT2D eigenvalue weighted by Gasteiger charge is -2.23.